The van der Waals surface area contributed by atoms with E-state index in [9.17, 15) is 14.9 Å². The van der Waals surface area contributed by atoms with E-state index < -0.39 is 4.92 Å². The summed E-state index contributed by atoms with van der Waals surface area (Å²) in [7, 11) is 1.92. The second-order valence-electron chi connectivity index (χ2n) is 4.97. The van der Waals surface area contributed by atoms with Gasteiger partial charge in [-0.3, -0.25) is 14.9 Å². The number of nitrogens with zero attached hydrogens (tertiary/aromatic N) is 2. The molecule has 1 aliphatic rings. The van der Waals surface area contributed by atoms with Gasteiger partial charge in [-0.2, -0.15) is 0 Å². The van der Waals surface area contributed by atoms with Gasteiger partial charge in [0.15, 0.2) is 5.78 Å². The van der Waals surface area contributed by atoms with Crippen molar-refractivity contribution in [2.75, 3.05) is 25.2 Å². The summed E-state index contributed by atoms with van der Waals surface area (Å²) in [6, 6.07) is 5.09. The molecule has 1 fully saturated rings. The summed E-state index contributed by atoms with van der Waals surface area (Å²) in [6.45, 7) is 2.76. The maximum absolute atomic E-state index is 11.4. The van der Waals surface area contributed by atoms with E-state index in [4.69, 9.17) is 4.74 Å². The van der Waals surface area contributed by atoms with Crippen molar-refractivity contribution in [2.45, 2.75) is 25.8 Å². The number of rotatable bonds is 4. The smallest absolute Gasteiger partial charge is 0.282 e. The molecule has 1 saturated heterocycles. The number of hydrogen-bond donors (Lipinski definition) is 0. The zero-order chi connectivity index (χ0) is 14.7. The van der Waals surface area contributed by atoms with Crippen molar-refractivity contribution < 1.29 is 14.5 Å². The van der Waals surface area contributed by atoms with Crippen LogP contribution in [0.2, 0.25) is 0 Å². The van der Waals surface area contributed by atoms with E-state index >= 15 is 0 Å². The Hall–Kier alpha value is -1.95. The van der Waals surface area contributed by atoms with Crippen LogP contribution < -0.4 is 4.90 Å². The van der Waals surface area contributed by atoms with Crippen LogP contribution in [0.4, 0.5) is 11.4 Å². The van der Waals surface area contributed by atoms with Gasteiger partial charge in [0.2, 0.25) is 0 Å². The minimum Gasteiger partial charge on any atom is -0.381 e. The third-order valence-corrected chi connectivity index (χ3v) is 3.70. The number of carbonyl (C=O) groups is 1. The normalized spacial score (nSPS) is 15.9. The molecule has 6 heteroatoms. The third-order valence-electron chi connectivity index (χ3n) is 3.70. The molecule has 6 nitrogen and oxygen atoms in total. The van der Waals surface area contributed by atoms with E-state index in [0.29, 0.717) is 19.3 Å². The summed E-state index contributed by atoms with van der Waals surface area (Å²) >= 11 is 0. The standard InChI is InChI=1S/C14H18N2O4/c1-10(17)13-4-3-12(9-14(13)16(18)19)15(2)11-5-7-20-8-6-11/h3-4,9,11H,5-8H2,1-2H3. The van der Waals surface area contributed by atoms with E-state index in [2.05, 4.69) is 0 Å². The molecule has 0 aromatic heterocycles. The molecule has 108 valence electrons. The molecule has 0 amide bonds. The van der Waals surface area contributed by atoms with Crippen molar-refractivity contribution in [1.29, 1.82) is 0 Å². The zero-order valence-corrected chi connectivity index (χ0v) is 11.7. The highest BCUT2D eigenvalue weighted by atomic mass is 16.6. The van der Waals surface area contributed by atoms with Crippen LogP contribution >= 0.6 is 0 Å². The summed E-state index contributed by atoms with van der Waals surface area (Å²) in [5.74, 6) is -0.294. The van der Waals surface area contributed by atoms with Crippen LogP contribution in [0.1, 0.15) is 30.1 Å². The lowest BCUT2D eigenvalue weighted by Crippen LogP contribution is -2.36. The highest BCUT2D eigenvalue weighted by Gasteiger charge is 2.23. The fourth-order valence-corrected chi connectivity index (χ4v) is 2.47. The number of benzene rings is 1. The summed E-state index contributed by atoms with van der Waals surface area (Å²) < 4.78 is 5.32. The Labute approximate surface area is 117 Å². The number of anilines is 1. The van der Waals surface area contributed by atoms with Gasteiger partial charge in [-0.15, -0.1) is 0 Å². The Morgan fingerprint density at radius 2 is 2.05 bits per heavy atom. The number of ether oxygens (including phenoxy) is 1. The molecule has 2 rings (SSSR count). The molecule has 1 aliphatic heterocycles. The van der Waals surface area contributed by atoms with Crippen molar-refractivity contribution in [3.63, 3.8) is 0 Å². The highest BCUT2D eigenvalue weighted by Crippen LogP contribution is 2.28. The topological polar surface area (TPSA) is 72.7 Å². The second kappa shape index (κ2) is 6.00. The molecule has 1 heterocycles. The lowest BCUT2D eigenvalue weighted by molar-refractivity contribution is -0.385. The SMILES string of the molecule is CC(=O)c1ccc(N(C)C2CCOCC2)cc1[N+](=O)[O-]. The van der Waals surface area contributed by atoms with Crippen LogP contribution in [-0.2, 0) is 4.74 Å². The molecule has 0 unspecified atom stereocenters. The summed E-state index contributed by atoms with van der Waals surface area (Å²) in [5.41, 5.74) is 0.779. The molecule has 0 saturated carbocycles. The third kappa shape index (κ3) is 2.96. The summed E-state index contributed by atoms with van der Waals surface area (Å²) in [4.78, 5) is 24.0. The first kappa shape index (κ1) is 14.5. The Morgan fingerprint density at radius 3 is 2.60 bits per heavy atom. The van der Waals surface area contributed by atoms with Gasteiger partial charge in [-0.25, -0.2) is 0 Å². The van der Waals surface area contributed by atoms with Gasteiger partial charge in [0.25, 0.3) is 5.69 Å². The largest absolute Gasteiger partial charge is 0.381 e. The van der Waals surface area contributed by atoms with Crippen LogP contribution in [0, 0.1) is 10.1 Å². The maximum Gasteiger partial charge on any atom is 0.282 e. The minimum absolute atomic E-state index is 0.131. The highest BCUT2D eigenvalue weighted by molar-refractivity contribution is 5.98. The lowest BCUT2D eigenvalue weighted by atomic mass is 10.0. The number of nitro groups is 1. The molecule has 1 aromatic rings. The first-order chi connectivity index (χ1) is 9.50. The Kier molecular flexibility index (Phi) is 4.34. The predicted octanol–water partition coefficient (Wildman–Crippen LogP) is 2.41. The van der Waals surface area contributed by atoms with Gasteiger partial charge < -0.3 is 9.64 Å². The summed E-state index contributed by atoms with van der Waals surface area (Å²) in [5, 5.41) is 11.1. The van der Waals surface area contributed by atoms with Crippen molar-refractivity contribution >= 4 is 17.2 Å². The second-order valence-corrected chi connectivity index (χ2v) is 4.97. The van der Waals surface area contributed by atoms with E-state index in [1.54, 1.807) is 6.07 Å². The van der Waals surface area contributed by atoms with E-state index in [1.807, 2.05) is 11.9 Å². The first-order valence-corrected chi connectivity index (χ1v) is 6.60. The molecule has 20 heavy (non-hydrogen) atoms. The molecule has 0 aliphatic carbocycles. The number of ketones is 1. The minimum atomic E-state index is -0.502. The number of nitro benzene ring substituents is 1. The first-order valence-electron chi connectivity index (χ1n) is 6.60. The quantitative estimate of drug-likeness (QED) is 0.480. The Balaban J connectivity index is 2.30. The van der Waals surface area contributed by atoms with Crippen LogP contribution in [0.15, 0.2) is 18.2 Å². The van der Waals surface area contributed by atoms with Gasteiger partial charge in [-0.1, -0.05) is 0 Å². The van der Waals surface area contributed by atoms with Gasteiger partial charge >= 0.3 is 0 Å². The molecule has 0 bridgehead atoms. The molecule has 1 aromatic carbocycles. The molecule has 0 N–H and O–H groups in total. The van der Waals surface area contributed by atoms with Crippen molar-refractivity contribution in [3.05, 3.63) is 33.9 Å². The Bertz CT molecular complexity index is 524. The fourth-order valence-electron chi connectivity index (χ4n) is 2.47. The molecular formula is C14H18N2O4. The summed E-state index contributed by atoms with van der Waals surface area (Å²) in [6.07, 6.45) is 1.80. The number of hydrogen-bond acceptors (Lipinski definition) is 5. The lowest BCUT2D eigenvalue weighted by Gasteiger charge is -2.32. The number of Topliss-reactive ketones (excluding diaryl/α,β-unsaturated/α-hetero) is 1. The van der Waals surface area contributed by atoms with Crippen LogP contribution in [0.3, 0.4) is 0 Å². The van der Waals surface area contributed by atoms with Gasteiger partial charge in [0.05, 0.1) is 10.5 Å². The van der Waals surface area contributed by atoms with Crippen molar-refractivity contribution in [1.82, 2.24) is 0 Å². The van der Waals surface area contributed by atoms with Crippen LogP contribution in [0.5, 0.6) is 0 Å². The van der Waals surface area contributed by atoms with Crippen LogP contribution in [-0.4, -0.2) is 37.0 Å². The van der Waals surface area contributed by atoms with Crippen molar-refractivity contribution in [2.24, 2.45) is 0 Å². The average Bonchev–Trinajstić information content (AvgIpc) is 2.46. The van der Waals surface area contributed by atoms with Crippen LogP contribution in [0.25, 0.3) is 0 Å². The van der Waals surface area contributed by atoms with Gasteiger partial charge in [0, 0.05) is 38.1 Å². The molecule has 0 spiro atoms. The maximum atomic E-state index is 11.4. The molecule has 0 atom stereocenters. The van der Waals surface area contributed by atoms with E-state index in [0.717, 1.165) is 18.5 Å². The van der Waals surface area contributed by atoms with Crippen molar-refractivity contribution in [3.8, 4) is 0 Å². The molecular weight excluding hydrogens is 260 g/mol. The van der Waals surface area contributed by atoms with Gasteiger partial charge in [0.1, 0.15) is 0 Å². The predicted molar refractivity (Wildman–Crippen MR) is 75.3 cm³/mol. The van der Waals surface area contributed by atoms with Gasteiger partial charge in [-0.05, 0) is 31.9 Å². The average molecular weight is 278 g/mol. The Morgan fingerprint density at radius 1 is 1.40 bits per heavy atom. The van der Waals surface area contributed by atoms with E-state index in [-0.39, 0.29) is 17.0 Å². The monoisotopic (exact) mass is 278 g/mol. The zero-order valence-electron chi connectivity index (χ0n) is 11.7. The van der Waals surface area contributed by atoms with E-state index in [1.165, 1.54) is 19.1 Å². The fraction of sp³-hybridized carbons (Fsp3) is 0.500. The number of carbonyl (C=O) groups excluding carboxylic acids is 1. The molecule has 0 radical (unpaired) electrons.